The normalized spacial score (nSPS) is 20.1. The highest BCUT2D eigenvalue weighted by atomic mass is 32.2. The van der Waals surface area contributed by atoms with Crippen molar-refractivity contribution in [1.82, 2.24) is 10.4 Å². The Kier molecular flexibility index (Phi) is 5.10. The third-order valence-electron chi connectivity index (χ3n) is 3.54. The smallest absolute Gasteiger partial charge is 0.351 e. The molecule has 140 valence electrons. The molecule has 2 aliphatic rings. The van der Waals surface area contributed by atoms with Gasteiger partial charge in [-0.2, -0.15) is 18.2 Å². The van der Waals surface area contributed by atoms with Gasteiger partial charge in [0.05, 0.1) is 17.2 Å². The van der Waals surface area contributed by atoms with Crippen molar-refractivity contribution in [3.05, 3.63) is 46.2 Å². The second-order valence-corrected chi connectivity index (χ2v) is 6.36. The lowest BCUT2D eigenvalue weighted by Gasteiger charge is -2.27. The van der Waals surface area contributed by atoms with Gasteiger partial charge in [-0.25, -0.2) is 9.18 Å². The van der Waals surface area contributed by atoms with Crippen LogP contribution in [0.1, 0.15) is 12.0 Å². The van der Waals surface area contributed by atoms with Gasteiger partial charge in [0.2, 0.25) is 5.56 Å². The van der Waals surface area contributed by atoms with E-state index in [-0.39, 0.29) is 35.7 Å². The van der Waals surface area contributed by atoms with Crippen LogP contribution in [0.2, 0.25) is 0 Å². The van der Waals surface area contributed by atoms with Crippen LogP contribution < -0.4 is 5.32 Å². The topological polar surface area (TPSA) is 67.9 Å². The van der Waals surface area contributed by atoms with E-state index in [1.807, 2.05) is 0 Å². The molecule has 1 atom stereocenters. The maximum absolute atomic E-state index is 13.7. The quantitative estimate of drug-likeness (QED) is 0.794. The zero-order chi connectivity index (χ0) is 18.9. The number of alkyl halides is 3. The summed E-state index contributed by atoms with van der Waals surface area (Å²) in [5, 5.41) is 3.17. The average Bonchev–Trinajstić information content (AvgIpc) is 2.93. The van der Waals surface area contributed by atoms with E-state index in [4.69, 9.17) is 4.74 Å². The van der Waals surface area contributed by atoms with Crippen LogP contribution in [0.3, 0.4) is 0 Å². The summed E-state index contributed by atoms with van der Waals surface area (Å²) < 4.78 is 56.7. The molecule has 0 radical (unpaired) electrons. The summed E-state index contributed by atoms with van der Waals surface area (Å²) in [5.41, 5.74) is -0.950. The standard InChI is InChI=1S/C15H12F4N2O4S/c16-9-4-2-1-3-8(9)7-24-14-21(25-13(23)15(17,18)19)10-5-6-20-12(22)11(10)26-14/h1-4,14H,5-7H2,(H,20,22). The third kappa shape index (κ3) is 3.78. The Labute approximate surface area is 149 Å². The molecule has 2 aliphatic heterocycles. The minimum atomic E-state index is -5.21. The molecule has 2 heterocycles. The monoisotopic (exact) mass is 392 g/mol. The van der Waals surface area contributed by atoms with Crippen molar-refractivity contribution in [2.24, 2.45) is 0 Å². The van der Waals surface area contributed by atoms with Crippen molar-refractivity contribution >= 4 is 23.6 Å². The molecule has 1 amide bonds. The predicted octanol–water partition coefficient (Wildman–Crippen LogP) is 2.43. The molecule has 26 heavy (non-hydrogen) atoms. The number of benzene rings is 1. The number of amides is 1. The van der Waals surface area contributed by atoms with Crippen LogP contribution in [0.15, 0.2) is 34.9 Å². The first-order chi connectivity index (χ1) is 12.3. The number of halogens is 4. The van der Waals surface area contributed by atoms with Crippen LogP contribution in [-0.2, 0) is 25.8 Å². The Morgan fingerprint density at radius 2 is 2.08 bits per heavy atom. The van der Waals surface area contributed by atoms with E-state index in [9.17, 15) is 27.2 Å². The lowest BCUT2D eigenvalue weighted by Crippen LogP contribution is -2.39. The maximum Gasteiger partial charge on any atom is 0.493 e. The molecule has 0 saturated carbocycles. The molecule has 0 bridgehead atoms. The van der Waals surface area contributed by atoms with Gasteiger partial charge < -0.3 is 14.9 Å². The molecule has 11 heteroatoms. The predicted molar refractivity (Wildman–Crippen MR) is 81.2 cm³/mol. The molecule has 1 N–H and O–H groups in total. The number of carbonyl (C=O) groups is 2. The third-order valence-corrected chi connectivity index (χ3v) is 4.73. The molecule has 6 nitrogen and oxygen atoms in total. The van der Waals surface area contributed by atoms with Crippen molar-refractivity contribution in [3.63, 3.8) is 0 Å². The van der Waals surface area contributed by atoms with Crippen molar-refractivity contribution < 1.29 is 36.7 Å². The highest BCUT2D eigenvalue weighted by Crippen LogP contribution is 2.42. The number of nitrogens with one attached hydrogen (secondary N) is 1. The number of hydrogen-bond acceptors (Lipinski definition) is 6. The summed E-state index contributed by atoms with van der Waals surface area (Å²) in [6.07, 6.45) is -5.04. The van der Waals surface area contributed by atoms with Gasteiger partial charge in [-0.15, -0.1) is 0 Å². The molecule has 0 saturated heterocycles. The van der Waals surface area contributed by atoms with Crippen LogP contribution in [0, 0.1) is 5.82 Å². The fourth-order valence-corrected chi connectivity index (χ4v) is 3.46. The van der Waals surface area contributed by atoms with E-state index in [0.717, 1.165) is 11.8 Å². The molecule has 1 aromatic rings. The van der Waals surface area contributed by atoms with E-state index in [2.05, 4.69) is 10.2 Å². The Hall–Kier alpha value is -2.27. The lowest BCUT2D eigenvalue weighted by molar-refractivity contribution is -0.249. The molecular formula is C15H12F4N2O4S. The number of nitrogens with zero attached hydrogens (tertiary/aromatic N) is 1. The molecule has 0 fully saturated rings. The van der Waals surface area contributed by atoms with Gasteiger partial charge in [0, 0.05) is 18.5 Å². The van der Waals surface area contributed by atoms with Gasteiger partial charge in [-0.3, -0.25) is 4.79 Å². The van der Waals surface area contributed by atoms with Gasteiger partial charge in [-0.05, 0) is 6.07 Å². The number of hydroxylamine groups is 2. The molecule has 1 unspecified atom stereocenters. The van der Waals surface area contributed by atoms with Gasteiger partial charge in [-0.1, -0.05) is 30.0 Å². The van der Waals surface area contributed by atoms with Gasteiger partial charge in [0.15, 0.2) is 0 Å². The van der Waals surface area contributed by atoms with Gasteiger partial charge in [0.1, 0.15) is 5.82 Å². The summed E-state index contributed by atoms with van der Waals surface area (Å²) in [6.45, 7) is -0.106. The largest absolute Gasteiger partial charge is 0.493 e. The minimum Gasteiger partial charge on any atom is -0.351 e. The van der Waals surface area contributed by atoms with E-state index >= 15 is 0 Å². The first-order valence-corrected chi connectivity index (χ1v) is 8.26. The maximum atomic E-state index is 13.7. The van der Waals surface area contributed by atoms with Crippen LogP contribution in [0.4, 0.5) is 17.6 Å². The van der Waals surface area contributed by atoms with Gasteiger partial charge >= 0.3 is 12.1 Å². The Morgan fingerprint density at radius 3 is 2.77 bits per heavy atom. The Morgan fingerprint density at radius 1 is 1.35 bits per heavy atom. The molecular weight excluding hydrogens is 380 g/mol. The highest BCUT2D eigenvalue weighted by Gasteiger charge is 2.47. The van der Waals surface area contributed by atoms with Crippen molar-refractivity contribution in [2.75, 3.05) is 6.54 Å². The zero-order valence-corrected chi connectivity index (χ0v) is 13.8. The number of rotatable bonds is 4. The number of thioether (sulfide) groups is 1. The molecule has 0 aromatic heterocycles. The van der Waals surface area contributed by atoms with Gasteiger partial charge in [0.25, 0.3) is 5.91 Å². The molecule has 3 rings (SSSR count). The first kappa shape index (κ1) is 18.5. The summed E-state index contributed by atoms with van der Waals surface area (Å²) in [4.78, 5) is 27.6. The second kappa shape index (κ2) is 7.16. The van der Waals surface area contributed by atoms with E-state index in [0.29, 0.717) is 5.06 Å². The fraction of sp³-hybridized carbons (Fsp3) is 0.333. The average molecular weight is 392 g/mol. The van der Waals surface area contributed by atoms with Crippen molar-refractivity contribution in [1.29, 1.82) is 0 Å². The lowest BCUT2D eigenvalue weighted by atomic mass is 10.2. The molecule has 1 aromatic carbocycles. The van der Waals surface area contributed by atoms with Crippen LogP contribution in [0.5, 0.6) is 0 Å². The zero-order valence-electron chi connectivity index (χ0n) is 13.0. The second-order valence-electron chi connectivity index (χ2n) is 5.31. The van der Waals surface area contributed by atoms with Crippen molar-refractivity contribution in [2.45, 2.75) is 24.8 Å². The molecule has 0 aliphatic carbocycles. The summed E-state index contributed by atoms with van der Waals surface area (Å²) >= 11 is 0.793. The summed E-state index contributed by atoms with van der Waals surface area (Å²) in [6, 6.07) is 5.70. The molecule has 0 spiro atoms. The Balaban J connectivity index is 1.78. The van der Waals surface area contributed by atoms with Crippen LogP contribution in [-0.4, -0.2) is 35.2 Å². The minimum absolute atomic E-state index is 0.102. The van der Waals surface area contributed by atoms with Crippen LogP contribution >= 0.6 is 11.8 Å². The SMILES string of the molecule is O=C1NCCC2=C1SC(OCc1ccccc1F)N2OC(=O)C(F)(F)F. The first-order valence-electron chi connectivity index (χ1n) is 7.38. The number of carbonyl (C=O) groups excluding carboxylic acids is 2. The summed E-state index contributed by atoms with van der Waals surface area (Å²) in [7, 11) is 0. The van der Waals surface area contributed by atoms with Crippen LogP contribution in [0.25, 0.3) is 0 Å². The van der Waals surface area contributed by atoms with Crippen molar-refractivity contribution in [3.8, 4) is 0 Å². The number of hydrogen-bond donors (Lipinski definition) is 1. The van der Waals surface area contributed by atoms with E-state index < -0.39 is 29.4 Å². The number of ether oxygens (including phenoxy) is 1. The highest BCUT2D eigenvalue weighted by molar-refractivity contribution is 8.04. The fourth-order valence-electron chi connectivity index (χ4n) is 2.34. The Bertz CT molecular complexity index is 768. The van der Waals surface area contributed by atoms with E-state index in [1.54, 1.807) is 6.07 Å². The summed E-state index contributed by atoms with van der Waals surface area (Å²) in [5.74, 6) is -3.48. The van der Waals surface area contributed by atoms with E-state index in [1.165, 1.54) is 18.2 Å².